The average Bonchev–Trinajstić information content (AvgIpc) is 3.18. The van der Waals surface area contributed by atoms with Gasteiger partial charge in [-0.25, -0.2) is 0 Å². The number of thiol groups is 1. The normalized spacial score (nSPS) is 14.8. The van der Waals surface area contributed by atoms with Crippen molar-refractivity contribution in [1.82, 2.24) is 47.9 Å². The molecule has 13 N–H and O–H groups in total. The molecule has 0 aromatic rings. The number of primary amides is 1. The van der Waals surface area contributed by atoms with Crippen LogP contribution in [0.25, 0.3) is 0 Å². The fraction of sp³-hybridized carbons (Fsp3) is 0.686. The van der Waals surface area contributed by atoms with Gasteiger partial charge >= 0.3 is 163 Å². The summed E-state index contributed by atoms with van der Waals surface area (Å²) in [5.41, 5.74) is 5.30. The molecule has 0 fully saturated rings. The zero-order valence-corrected chi connectivity index (χ0v) is 37.0. The summed E-state index contributed by atoms with van der Waals surface area (Å²) in [6, 6.07) is -9.03. The first kappa shape index (κ1) is 55.0. The van der Waals surface area contributed by atoms with Crippen LogP contribution in [0.2, 0.25) is 5.32 Å². The van der Waals surface area contributed by atoms with Crippen LogP contribution in [-0.2, 0) is 52.7 Å². The third kappa shape index (κ3) is 21.3. The van der Waals surface area contributed by atoms with Crippen molar-refractivity contribution in [3.63, 3.8) is 0 Å². The summed E-state index contributed by atoms with van der Waals surface area (Å²) in [5.74, 6) is -10.3. The molecule has 0 bridgehead atoms. The van der Waals surface area contributed by atoms with E-state index in [1.54, 1.807) is 27.7 Å². The van der Waals surface area contributed by atoms with Gasteiger partial charge in [-0.15, -0.1) is 0 Å². The predicted octanol–water partition coefficient (Wildman–Crippen LogP) is -5.40. The van der Waals surface area contributed by atoms with Crippen molar-refractivity contribution in [2.24, 2.45) is 17.6 Å². The van der Waals surface area contributed by atoms with Crippen LogP contribution in [0.5, 0.6) is 0 Å². The summed E-state index contributed by atoms with van der Waals surface area (Å²) in [6.07, 6.45) is -0.215. The van der Waals surface area contributed by atoms with Crippen LogP contribution in [0.1, 0.15) is 67.2 Å². The summed E-state index contributed by atoms with van der Waals surface area (Å²) < 4.78 is 0. The molecule has 0 saturated carbocycles. The number of carboxylic acid groups (broad SMARTS) is 1. The molecule has 23 nitrogen and oxygen atoms in total. The molecule has 0 aromatic carbocycles. The quantitative estimate of drug-likeness (QED) is 0.0258. The van der Waals surface area contributed by atoms with Gasteiger partial charge in [0.2, 0.25) is 35.4 Å². The topological polar surface area (TPSA) is 363 Å². The van der Waals surface area contributed by atoms with E-state index in [9.17, 15) is 57.8 Å². The molecule has 10 amide bonds. The van der Waals surface area contributed by atoms with Crippen LogP contribution in [0.15, 0.2) is 0 Å². The second-order valence-corrected chi connectivity index (χ2v) is 15.2. The number of hydrogen-bond donors (Lipinski definition) is 13. The first-order valence-electron chi connectivity index (χ1n) is 18.9. The Morgan fingerprint density at radius 3 is 1.68 bits per heavy atom. The zero-order chi connectivity index (χ0) is 46.3. The second kappa shape index (κ2) is 28.5. The van der Waals surface area contributed by atoms with Gasteiger partial charge in [0.15, 0.2) is 0 Å². The van der Waals surface area contributed by atoms with E-state index in [0.29, 0.717) is 6.42 Å². The van der Waals surface area contributed by atoms with Gasteiger partial charge in [-0.05, 0) is 24.7 Å². The fourth-order valence-electron chi connectivity index (χ4n) is 5.07. The molecule has 60 heavy (non-hydrogen) atoms. The molecular formula is C35H59N10O13SSe. The maximum absolute atomic E-state index is 13.7. The number of aliphatic hydroxyl groups is 1. The van der Waals surface area contributed by atoms with Gasteiger partial charge in [0.25, 0.3) is 0 Å². The Morgan fingerprint density at radius 2 is 1.18 bits per heavy atom. The van der Waals surface area contributed by atoms with E-state index in [-0.39, 0.29) is 36.3 Å². The summed E-state index contributed by atoms with van der Waals surface area (Å²) in [5, 5.41) is 39.7. The van der Waals surface area contributed by atoms with Crippen LogP contribution in [0, 0.1) is 11.8 Å². The molecule has 0 aromatic heterocycles. The molecule has 0 unspecified atom stereocenters. The number of rotatable bonds is 28. The Bertz CT molecular complexity index is 1560. The summed E-state index contributed by atoms with van der Waals surface area (Å²) >= 11 is 6.59. The summed E-state index contributed by atoms with van der Waals surface area (Å²) in [7, 11) is 0. The van der Waals surface area contributed by atoms with Gasteiger partial charge in [-0.1, -0.05) is 34.1 Å². The SMILES string of the molecule is CC[C@H](C)[C@H](NC(=O)[C@H](CO)NC(C)=O)C(=O)N[C@@H](CC(C)C)C(=O)N[C@@H](CCC(N)=O)C(=O)N[C@@H](C)C(=O)NCC(=O)N[C@@H](CS)C(=O)N[C@H](C[Se])C(=O)NCC(=O)O. The van der Waals surface area contributed by atoms with Gasteiger partial charge < -0.3 is 32.1 Å². The van der Waals surface area contributed by atoms with E-state index < -0.39 is 133 Å². The zero-order valence-electron chi connectivity index (χ0n) is 34.4. The molecule has 0 saturated heterocycles. The summed E-state index contributed by atoms with van der Waals surface area (Å²) in [4.78, 5) is 138. The van der Waals surface area contributed by atoms with E-state index in [1.807, 2.05) is 0 Å². The molecule has 0 aliphatic heterocycles. The van der Waals surface area contributed by atoms with Crippen molar-refractivity contribution in [2.45, 2.75) is 115 Å². The fourth-order valence-corrected chi connectivity index (χ4v) is 5.82. The van der Waals surface area contributed by atoms with Crippen molar-refractivity contribution in [2.75, 3.05) is 25.4 Å². The van der Waals surface area contributed by atoms with Crippen molar-refractivity contribution >= 4 is 93.7 Å². The maximum atomic E-state index is 13.7. The Labute approximate surface area is 361 Å². The van der Waals surface area contributed by atoms with E-state index in [4.69, 9.17) is 10.8 Å². The number of amides is 10. The first-order valence-corrected chi connectivity index (χ1v) is 20.8. The predicted molar refractivity (Wildman–Crippen MR) is 217 cm³/mol. The van der Waals surface area contributed by atoms with E-state index >= 15 is 0 Å². The van der Waals surface area contributed by atoms with E-state index in [2.05, 4.69) is 76.5 Å². The molecular weight excluding hydrogens is 879 g/mol. The molecule has 0 spiro atoms. The van der Waals surface area contributed by atoms with E-state index in [1.165, 1.54) is 6.92 Å². The van der Waals surface area contributed by atoms with Gasteiger partial charge in [0, 0.05) is 13.3 Å². The molecule has 8 atom stereocenters. The van der Waals surface area contributed by atoms with Crippen LogP contribution < -0.4 is 53.6 Å². The number of carbonyl (C=O) groups is 11. The number of carboxylic acids is 1. The Kier molecular flexibility index (Phi) is 26.1. The van der Waals surface area contributed by atoms with Crippen molar-refractivity contribution in [3.05, 3.63) is 0 Å². The second-order valence-electron chi connectivity index (χ2n) is 14.2. The monoisotopic (exact) mass is 939 g/mol. The third-order valence-corrected chi connectivity index (χ3v) is 9.61. The average molecular weight is 939 g/mol. The van der Waals surface area contributed by atoms with Crippen molar-refractivity contribution in [3.8, 4) is 0 Å². The minimum absolute atomic E-state index is 0.0258. The molecule has 0 aliphatic carbocycles. The summed E-state index contributed by atoms with van der Waals surface area (Å²) in [6.45, 7) is 7.25. The Morgan fingerprint density at radius 1 is 0.650 bits per heavy atom. The van der Waals surface area contributed by atoms with Gasteiger partial charge in [-0.2, -0.15) is 0 Å². The Balaban J connectivity index is 5.79. The van der Waals surface area contributed by atoms with Gasteiger partial charge in [0.05, 0.1) is 6.61 Å². The molecule has 25 heteroatoms. The van der Waals surface area contributed by atoms with E-state index in [0.717, 1.165) is 6.92 Å². The first-order chi connectivity index (χ1) is 28.0. The number of hydrogen-bond acceptors (Lipinski definition) is 13. The van der Waals surface area contributed by atoms with Crippen LogP contribution in [0.3, 0.4) is 0 Å². The van der Waals surface area contributed by atoms with Gasteiger partial charge in [0.1, 0.15) is 24.2 Å². The molecule has 1 radical (unpaired) electrons. The Hall–Kier alpha value is -5.00. The van der Waals surface area contributed by atoms with Crippen LogP contribution in [0.4, 0.5) is 0 Å². The van der Waals surface area contributed by atoms with Crippen molar-refractivity contribution < 1.29 is 63.0 Å². The number of nitrogens with one attached hydrogen (secondary N) is 9. The standard InChI is InChI=1S/C35H59N10O13SSe/c1-7-17(4)28(45-33(56)22(13-46)40-19(6)47)35(58)43-21(10-16(2)3)32(55)42-20(8-9-25(36)48)31(54)39-18(5)29(52)37-11-26(49)41-23(14-59)34(57)44-24(15-60)30(53)38-12-27(50)51/h16-18,20-24,28,46,59H,7-15H2,1-6H3,(H2,36,48)(H,37,52)(H,38,53)(H,39,54)(H,40,47)(H,41,49)(H,42,55)(H,43,58)(H,44,57)(H,45,56)(H,50,51)/t17-,18-,20-,21-,22-,23-,24+,28-/m0/s1. The molecule has 0 aliphatic rings. The van der Waals surface area contributed by atoms with Crippen molar-refractivity contribution in [1.29, 1.82) is 0 Å². The number of nitrogens with two attached hydrogens (primary N) is 1. The number of aliphatic hydroxyl groups excluding tert-OH is 1. The number of carbonyl (C=O) groups excluding carboxylic acids is 10. The van der Waals surface area contributed by atoms with Crippen LogP contribution >= 0.6 is 12.6 Å². The third-order valence-electron chi connectivity index (χ3n) is 8.55. The van der Waals surface area contributed by atoms with Crippen LogP contribution in [-0.4, -0.2) is 159 Å². The molecule has 339 valence electrons. The number of aliphatic carboxylic acids is 1. The van der Waals surface area contributed by atoms with Gasteiger partial charge in [-0.3, -0.25) is 28.8 Å². The minimum atomic E-state index is -1.45. The molecule has 0 rings (SSSR count). The molecule has 0 heterocycles.